The van der Waals surface area contributed by atoms with Gasteiger partial charge in [0, 0.05) is 11.8 Å². The van der Waals surface area contributed by atoms with Crippen molar-refractivity contribution in [2.24, 2.45) is 11.8 Å². The van der Waals surface area contributed by atoms with Crippen LogP contribution in [-0.4, -0.2) is 47.3 Å². The van der Waals surface area contributed by atoms with Gasteiger partial charge in [-0.3, -0.25) is 9.59 Å². The molecule has 0 amide bonds. The minimum Gasteiger partial charge on any atom is -0.506 e. The number of aromatic nitrogens is 2. The summed E-state index contributed by atoms with van der Waals surface area (Å²) in [6.45, 7) is 4.72. The first-order chi connectivity index (χ1) is 19.7. The summed E-state index contributed by atoms with van der Waals surface area (Å²) in [6.07, 6.45) is 1.38. The number of ether oxygens (including phenoxy) is 4. The summed E-state index contributed by atoms with van der Waals surface area (Å²) in [6, 6.07) is 14.2. The fourth-order valence-corrected chi connectivity index (χ4v) is 4.75. The zero-order valence-corrected chi connectivity index (χ0v) is 30.5. The monoisotopic (exact) mass is 738 g/mol. The fourth-order valence-electron chi connectivity index (χ4n) is 4.44. The first-order valence-corrected chi connectivity index (χ1v) is 14.1. The van der Waals surface area contributed by atoms with Crippen LogP contribution in [0.1, 0.15) is 55.5 Å². The van der Waals surface area contributed by atoms with Crippen molar-refractivity contribution in [3.8, 4) is 17.2 Å². The number of benzene rings is 1. The van der Waals surface area contributed by atoms with Gasteiger partial charge in [-0.25, -0.2) is 9.97 Å². The molecule has 0 saturated heterocycles. The van der Waals surface area contributed by atoms with Gasteiger partial charge in [0.05, 0.1) is 43.5 Å². The molecule has 2 saturated carbocycles. The average Bonchev–Trinajstić information content (AvgIpc) is 3.89. The van der Waals surface area contributed by atoms with Crippen molar-refractivity contribution in [1.82, 2.24) is 9.97 Å². The van der Waals surface area contributed by atoms with E-state index in [9.17, 15) is 14.7 Å². The third-order valence-corrected chi connectivity index (χ3v) is 7.16. The standard InChI is InChI=1S/C19H20ClNO4.C11H12ClNO3.4H2S/c1-3-24-19(22)15-10-14(15)18-16(8-9-17(20)21-18)25-11-12-4-6-13(23-2)7-5-12;1-2-16-11(15)7-5-6(7)10-8(14)3-4-9(12)13-10;;;;/h4-9,14-15H,3,10-11H2,1-2H3;3-4,6-7,14H,2,5H2,1H3;4*1H2/t14-,15-;6-,7-;;;;/m00..../s1. The van der Waals surface area contributed by atoms with E-state index in [0.717, 1.165) is 17.0 Å². The number of hydrogen-bond donors (Lipinski definition) is 1. The van der Waals surface area contributed by atoms with Crippen LogP contribution in [0, 0.1) is 11.8 Å². The van der Waals surface area contributed by atoms with Gasteiger partial charge in [-0.2, -0.15) is 54.0 Å². The molecule has 2 aromatic heterocycles. The lowest BCUT2D eigenvalue weighted by Crippen LogP contribution is -2.08. The molecule has 1 N–H and O–H groups in total. The van der Waals surface area contributed by atoms with E-state index in [-0.39, 0.29) is 95.3 Å². The molecule has 5 rings (SSSR count). The van der Waals surface area contributed by atoms with E-state index in [1.165, 1.54) is 12.1 Å². The molecule has 15 heteroatoms. The first kappa shape index (κ1) is 42.8. The highest BCUT2D eigenvalue weighted by Gasteiger charge is 2.48. The largest absolute Gasteiger partial charge is 0.506 e. The Kier molecular flexibility index (Phi) is 19.2. The van der Waals surface area contributed by atoms with Crippen molar-refractivity contribution in [2.75, 3.05) is 20.3 Å². The minimum absolute atomic E-state index is 0. The van der Waals surface area contributed by atoms with E-state index in [1.807, 2.05) is 24.3 Å². The molecule has 2 heterocycles. The van der Waals surface area contributed by atoms with Gasteiger partial charge in [0.1, 0.15) is 34.2 Å². The second kappa shape index (κ2) is 20.2. The lowest BCUT2D eigenvalue weighted by Gasteiger charge is -2.11. The van der Waals surface area contributed by atoms with Crippen LogP contribution in [0.3, 0.4) is 0 Å². The van der Waals surface area contributed by atoms with Crippen LogP contribution in [0.25, 0.3) is 0 Å². The maximum Gasteiger partial charge on any atom is 0.309 e. The fraction of sp³-hybridized carbons (Fsp3) is 0.400. The first-order valence-electron chi connectivity index (χ1n) is 13.4. The Balaban J connectivity index is 0.000000852. The molecule has 0 bridgehead atoms. The normalized spacial score (nSPS) is 18.4. The van der Waals surface area contributed by atoms with E-state index in [1.54, 1.807) is 33.1 Å². The molecule has 0 aliphatic heterocycles. The van der Waals surface area contributed by atoms with Gasteiger partial charge in [0.2, 0.25) is 0 Å². The Morgan fingerprint density at radius 2 is 1.27 bits per heavy atom. The van der Waals surface area contributed by atoms with Crippen molar-refractivity contribution in [3.05, 3.63) is 75.8 Å². The van der Waals surface area contributed by atoms with Crippen LogP contribution in [0.5, 0.6) is 17.2 Å². The van der Waals surface area contributed by atoms with Crippen LogP contribution >= 0.6 is 77.2 Å². The number of pyridine rings is 2. The lowest BCUT2D eigenvalue weighted by atomic mass is 10.2. The number of rotatable bonds is 10. The quantitative estimate of drug-likeness (QED) is 0.183. The summed E-state index contributed by atoms with van der Waals surface area (Å²) in [5.74, 6) is 0.725. The summed E-state index contributed by atoms with van der Waals surface area (Å²) >= 11 is 11.8. The predicted octanol–water partition coefficient (Wildman–Crippen LogP) is 6.55. The number of hydrogen-bond acceptors (Lipinski definition) is 9. The molecule has 2 aliphatic carbocycles. The van der Waals surface area contributed by atoms with Gasteiger partial charge in [0.15, 0.2) is 0 Å². The van der Waals surface area contributed by atoms with E-state index >= 15 is 0 Å². The predicted molar refractivity (Wildman–Crippen MR) is 194 cm³/mol. The van der Waals surface area contributed by atoms with E-state index in [0.29, 0.717) is 54.4 Å². The van der Waals surface area contributed by atoms with Gasteiger partial charge < -0.3 is 24.1 Å². The topological polar surface area (TPSA) is 117 Å². The SMILES string of the molecule is CCOC(=O)[C@H]1C[C@@H]1c1nc(Cl)ccc1O.CCOC(=O)[C@H]1C[C@@H]1c1nc(Cl)ccc1OCc1ccc(OC)cc1.S.S.S.S. The van der Waals surface area contributed by atoms with Crippen molar-refractivity contribution in [1.29, 1.82) is 0 Å². The average molecular weight is 740 g/mol. The minimum atomic E-state index is -0.228. The Morgan fingerprint density at radius 3 is 1.78 bits per heavy atom. The third kappa shape index (κ3) is 11.9. The van der Waals surface area contributed by atoms with Crippen molar-refractivity contribution in [3.63, 3.8) is 0 Å². The number of esters is 2. The zero-order chi connectivity index (χ0) is 29.5. The molecule has 45 heavy (non-hydrogen) atoms. The van der Waals surface area contributed by atoms with Gasteiger partial charge in [-0.1, -0.05) is 35.3 Å². The molecule has 9 nitrogen and oxygen atoms in total. The smallest absolute Gasteiger partial charge is 0.309 e. The number of carbonyl (C=O) groups is 2. The number of methoxy groups -OCH3 is 1. The van der Waals surface area contributed by atoms with E-state index in [4.69, 9.17) is 42.1 Å². The van der Waals surface area contributed by atoms with E-state index in [2.05, 4.69) is 9.97 Å². The number of carbonyl (C=O) groups excluding carboxylic acids is 2. The van der Waals surface area contributed by atoms with Crippen molar-refractivity contribution < 1.29 is 33.6 Å². The molecule has 0 radical (unpaired) electrons. The molecule has 3 aromatic rings. The molecule has 1 aromatic carbocycles. The highest BCUT2D eigenvalue weighted by Crippen LogP contribution is 2.51. The molecular formula is C30H40Cl2N2O7S4. The summed E-state index contributed by atoms with van der Waals surface area (Å²) in [5.41, 5.74) is 2.23. The Hall–Kier alpha value is -2.16. The van der Waals surface area contributed by atoms with E-state index < -0.39 is 0 Å². The number of nitrogens with zero attached hydrogens (tertiary/aromatic N) is 2. The van der Waals surface area contributed by atoms with Gasteiger partial charge in [0.25, 0.3) is 0 Å². The van der Waals surface area contributed by atoms with Gasteiger partial charge >= 0.3 is 11.9 Å². The lowest BCUT2D eigenvalue weighted by molar-refractivity contribution is -0.145. The van der Waals surface area contributed by atoms with Crippen LogP contribution in [0.15, 0.2) is 48.5 Å². The summed E-state index contributed by atoms with van der Waals surface area (Å²) in [5, 5.41) is 10.3. The summed E-state index contributed by atoms with van der Waals surface area (Å²) < 4.78 is 21.1. The molecule has 2 fully saturated rings. The molecule has 250 valence electrons. The van der Waals surface area contributed by atoms with Crippen LogP contribution in [0.4, 0.5) is 0 Å². The van der Waals surface area contributed by atoms with Crippen molar-refractivity contribution >= 4 is 89.1 Å². The number of aromatic hydroxyl groups is 1. The van der Waals surface area contributed by atoms with Crippen LogP contribution < -0.4 is 9.47 Å². The maximum absolute atomic E-state index is 11.9. The Morgan fingerprint density at radius 1 is 0.778 bits per heavy atom. The second-order valence-electron chi connectivity index (χ2n) is 9.59. The van der Waals surface area contributed by atoms with Gasteiger partial charge in [-0.05, 0) is 68.7 Å². The maximum atomic E-state index is 11.9. The third-order valence-electron chi connectivity index (χ3n) is 6.74. The zero-order valence-electron chi connectivity index (χ0n) is 25.0. The molecule has 0 spiro atoms. The molecule has 0 unspecified atom stereocenters. The number of halogens is 2. The highest BCUT2D eigenvalue weighted by atomic mass is 35.5. The van der Waals surface area contributed by atoms with Gasteiger partial charge in [-0.15, -0.1) is 0 Å². The highest BCUT2D eigenvalue weighted by molar-refractivity contribution is 7.59. The van der Waals surface area contributed by atoms with Crippen LogP contribution in [-0.2, 0) is 25.7 Å². The molecule has 2 aliphatic rings. The summed E-state index contributed by atoms with van der Waals surface area (Å²) in [4.78, 5) is 31.7. The Bertz CT molecular complexity index is 1390. The van der Waals surface area contributed by atoms with Crippen LogP contribution in [0.2, 0.25) is 10.3 Å². The molecular weight excluding hydrogens is 700 g/mol. The van der Waals surface area contributed by atoms with Crippen molar-refractivity contribution in [2.45, 2.75) is 45.1 Å². The summed E-state index contributed by atoms with van der Waals surface area (Å²) in [7, 11) is 1.63. The Labute approximate surface area is 301 Å². The second-order valence-corrected chi connectivity index (χ2v) is 10.4. The molecule has 4 atom stereocenters.